The van der Waals surface area contributed by atoms with E-state index in [2.05, 4.69) is 25.3 Å². The van der Waals surface area contributed by atoms with Crippen LogP contribution in [0.5, 0.6) is 0 Å². The fourth-order valence-electron chi connectivity index (χ4n) is 3.92. The van der Waals surface area contributed by atoms with Crippen molar-refractivity contribution in [2.45, 2.75) is 12.6 Å². The SMILES string of the molecule is CNC(=O)c1nc(NC(=O)c2nsc3ccc(F)cc23)c2n1CC(=O)N[C@@H]2c1cc(F)ccc1Cl. The van der Waals surface area contributed by atoms with Gasteiger partial charge < -0.3 is 20.5 Å². The number of carbonyl (C=O) groups excluding carboxylic acids is 3. The molecule has 0 saturated carbocycles. The monoisotopic (exact) mass is 516 g/mol. The van der Waals surface area contributed by atoms with Crippen molar-refractivity contribution in [3.8, 4) is 0 Å². The number of aromatic nitrogens is 3. The van der Waals surface area contributed by atoms with E-state index >= 15 is 0 Å². The first-order chi connectivity index (χ1) is 16.8. The average Bonchev–Trinajstić information content (AvgIpc) is 3.41. The minimum Gasteiger partial charge on any atom is -0.352 e. The maximum absolute atomic E-state index is 14.1. The van der Waals surface area contributed by atoms with Crippen molar-refractivity contribution in [2.75, 3.05) is 12.4 Å². The summed E-state index contributed by atoms with van der Waals surface area (Å²) in [4.78, 5) is 42.4. The fraction of sp³-hybridized carbons (Fsp3) is 0.136. The molecule has 0 bridgehead atoms. The highest BCUT2D eigenvalue weighted by Crippen LogP contribution is 2.36. The number of hydrogen-bond acceptors (Lipinski definition) is 6. The van der Waals surface area contributed by atoms with Gasteiger partial charge in [-0.15, -0.1) is 0 Å². The summed E-state index contributed by atoms with van der Waals surface area (Å²) in [5.41, 5.74) is 0.392. The van der Waals surface area contributed by atoms with Gasteiger partial charge in [-0.3, -0.25) is 14.4 Å². The lowest BCUT2D eigenvalue weighted by molar-refractivity contribution is -0.123. The Labute approximate surface area is 205 Å². The molecule has 0 aliphatic carbocycles. The van der Waals surface area contributed by atoms with Crippen LogP contribution >= 0.6 is 23.1 Å². The number of halogens is 3. The molecule has 0 spiro atoms. The molecule has 3 heterocycles. The molecule has 3 N–H and O–H groups in total. The van der Waals surface area contributed by atoms with Crippen LogP contribution < -0.4 is 16.0 Å². The lowest BCUT2D eigenvalue weighted by Gasteiger charge is -2.28. The zero-order chi connectivity index (χ0) is 24.9. The van der Waals surface area contributed by atoms with E-state index < -0.39 is 35.4 Å². The smallest absolute Gasteiger partial charge is 0.287 e. The second-order valence-corrected chi connectivity index (χ2v) is 8.84. The minimum atomic E-state index is -1.02. The molecule has 3 amide bonds. The molecule has 0 fully saturated rings. The molecular formula is C22H15ClF2N6O3S. The van der Waals surface area contributed by atoms with E-state index in [1.165, 1.54) is 41.9 Å². The lowest BCUT2D eigenvalue weighted by atomic mass is 10.0. The number of benzene rings is 2. The molecule has 5 rings (SSSR count). The van der Waals surface area contributed by atoms with Gasteiger partial charge in [0.25, 0.3) is 11.8 Å². The van der Waals surface area contributed by atoms with Gasteiger partial charge in [-0.1, -0.05) is 11.6 Å². The van der Waals surface area contributed by atoms with Crippen molar-refractivity contribution < 1.29 is 23.2 Å². The zero-order valence-corrected chi connectivity index (χ0v) is 19.4. The molecule has 178 valence electrons. The molecule has 2 aromatic heterocycles. The summed E-state index contributed by atoms with van der Waals surface area (Å²) in [7, 11) is 1.39. The third kappa shape index (κ3) is 4.00. The molecule has 1 aliphatic rings. The summed E-state index contributed by atoms with van der Waals surface area (Å²) in [6.07, 6.45) is 0. The van der Waals surface area contributed by atoms with E-state index in [-0.39, 0.29) is 40.2 Å². The van der Waals surface area contributed by atoms with Crippen LogP contribution in [0.4, 0.5) is 14.6 Å². The number of rotatable bonds is 4. The number of imidazole rings is 1. The van der Waals surface area contributed by atoms with Gasteiger partial charge in [-0.25, -0.2) is 13.8 Å². The molecule has 0 unspecified atom stereocenters. The predicted molar refractivity (Wildman–Crippen MR) is 125 cm³/mol. The largest absolute Gasteiger partial charge is 0.352 e. The van der Waals surface area contributed by atoms with Crippen molar-refractivity contribution in [1.29, 1.82) is 0 Å². The van der Waals surface area contributed by atoms with E-state index in [4.69, 9.17) is 11.6 Å². The summed E-state index contributed by atoms with van der Waals surface area (Å²) < 4.78 is 33.9. The third-order valence-corrected chi connectivity index (χ3v) is 6.64. The molecule has 1 aliphatic heterocycles. The van der Waals surface area contributed by atoms with Crippen LogP contribution in [0.15, 0.2) is 36.4 Å². The van der Waals surface area contributed by atoms with E-state index in [9.17, 15) is 23.2 Å². The Balaban J connectivity index is 1.64. The number of carbonyl (C=O) groups is 3. The number of fused-ring (bicyclic) bond motifs is 2. The number of anilines is 1. The van der Waals surface area contributed by atoms with Gasteiger partial charge in [-0.05, 0) is 47.9 Å². The second kappa shape index (κ2) is 8.71. The third-order valence-electron chi connectivity index (χ3n) is 5.47. The maximum atomic E-state index is 14.1. The normalized spacial score (nSPS) is 15.0. The van der Waals surface area contributed by atoms with Crippen molar-refractivity contribution in [3.05, 3.63) is 75.8 Å². The van der Waals surface area contributed by atoms with Gasteiger partial charge in [0.05, 0.1) is 16.4 Å². The van der Waals surface area contributed by atoms with Crippen LogP contribution in [0.2, 0.25) is 5.02 Å². The fourth-order valence-corrected chi connectivity index (χ4v) is 4.90. The molecule has 13 heteroatoms. The van der Waals surface area contributed by atoms with Crippen molar-refractivity contribution in [2.24, 2.45) is 0 Å². The van der Waals surface area contributed by atoms with Crippen molar-refractivity contribution in [3.63, 3.8) is 0 Å². The van der Waals surface area contributed by atoms with Crippen molar-refractivity contribution in [1.82, 2.24) is 24.6 Å². The summed E-state index contributed by atoms with van der Waals surface area (Å²) in [6.45, 7) is -0.269. The van der Waals surface area contributed by atoms with Gasteiger partial charge in [0.15, 0.2) is 5.82 Å². The van der Waals surface area contributed by atoms with Gasteiger partial charge >= 0.3 is 0 Å². The molecule has 9 nitrogen and oxygen atoms in total. The number of amides is 3. The first-order valence-electron chi connectivity index (χ1n) is 10.2. The van der Waals surface area contributed by atoms with E-state index in [1.54, 1.807) is 0 Å². The number of hydrogen-bond donors (Lipinski definition) is 3. The molecule has 2 aromatic carbocycles. The first-order valence-corrected chi connectivity index (χ1v) is 11.3. The van der Waals surface area contributed by atoms with E-state index in [0.717, 1.165) is 17.6 Å². The Morgan fingerprint density at radius 1 is 1.17 bits per heavy atom. The van der Waals surface area contributed by atoms with Crippen molar-refractivity contribution >= 4 is 56.8 Å². The Morgan fingerprint density at radius 3 is 2.69 bits per heavy atom. The van der Waals surface area contributed by atoms with Gasteiger partial charge in [0, 0.05) is 23.0 Å². The summed E-state index contributed by atoms with van der Waals surface area (Å²) in [5.74, 6) is -3.10. The second-order valence-electron chi connectivity index (χ2n) is 7.63. The highest BCUT2D eigenvalue weighted by atomic mass is 35.5. The number of nitrogens with zero attached hydrogens (tertiary/aromatic N) is 3. The molecular weight excluding hydrogens is 502 g/mol. The minimum absolute atomic E-state index is 0.0343. The quantitative estimate of drug-likeness (QED) is 0.385. The first kappa shape index (κ1) is 22.9. The Bertz CT molecular complexity index is 1540. The van der Waals surface area contributed by atoms with Crippen LogP contribution in [0, 0.1) is 11.6 Å². The van der Waals surface area contributed by atoms with Crippen LogP contribution in [0.3, 0.4) is 0 Å². The summed E-state index contributed by atoms with van der Waals surface area (Å²) in [5, 5.41) is 8.24. The molecule has 0 radical (unpaired) electrons. The topological polar surface area (TPSA) is 118 Å². The molecule has 0 saturated heterocycles. The van der Waals surface area contributed by atoms with E-state index in [1.807, 2.05) is 0 Å². The average molecular weight is 517 g/mol. The molecule has 4 aromatic rings. The Kier molecular flexibility index (Phi) is 5.69. The van der Waals surface area contributed by atoms with Crippen LogP contribution in [-0.2, 0) is 11.3 Å². The van der Waals surface area contributed by atoms with Gasteiger partial charge in [0.2, 0.25) is 11.7 Å². The van der Waals surface area contributed by atoms with Crippen LogP contribution in [-0.4, -0.2) is 38.7 Å². The molecule has 1 atom stereocenters. The standard InChI is InChI=1S/C22H15ClF2N6O3S/c1-26-22(34)20-28-19(29-21(33)17-12-7-10(25)3-5-14(12)35-30-17)18-16(27-15(32)8-31(18)20)11-6-9(24)2-4-13(11)23/h2-7,16H,8H2,1H3,(H,26,34)(H,27,32)(H,29,33)/t16-/m1/s1. The highest BCUT2D eigenvalue weighted by molar-refractivity contribution is 7.13. The van der Waals surface area contributed by atoms with Crippen LogP contribution in [0.1, 0.15) is 38.4 Å². The maximum Gasteiger partial charge on any atom is 0.287 e. The summed E-state index contributed by atoms with van der Waals surface area (Å²) in [6, 6.07) is 6.60. The lowest BCUT2D eigenvalue weighted by Crippen LogP contribution is -2.41. The summed E-state index contributed by atoms with van der Waals surface area (Å²) >= 11 is 7.32. The van der Waals surface area contributed by atoms with Gasteiger partial charge in [-0.2, -0.15) is 4.37 Å². The van der Waals surface area contributed by atoms with Gasteiger partial charge in [0.1, 0.15) is 23.9 Å². The highest BCUT2D eigenvalue weighted by Gasteiger charge is 2.36. The molecule has 35 heavy (non-hydrogen) atoms. The van der Waals surface area contributed by atoms with Crippen LogP contribution in [0.25, 0.3) is 10.1 Å². The zero-order valence-electron chi connectivity index (χ0n) is 17.9. The Hall–Kier alpha value is -3.90. The predicted octanol–water partition coefficient (Wildman–Crippen LogP) is 3.26. The van der Waals surface area contributed by atoms with E-state index in [0.29, 0.717) is 10.1 Å². The Morgan fingerprint density at radius 2 is 1.91 bits per heavy atom. The number of nitrogens with one attached hydrogen (secondary N) is 3.